The lowest BCUT2D eigenvalue weighted by atomic mass is 10.0. The second-order valence-electron chi connectivity index (χ2n) is 3.68. The molecule has 0 atom stereocenters. The molecule has 0 spiro atoms. The maximum absolute atomic E-state index is 10.6. The molecule has 94 valence electrons. The van der Waals surface area contributed by atoms with Crippen molar-refractivity contribution in [2.24, 2.45) is 0 Å². The first-order valence-corrected chi connectivity index (χ1v) is 5.01. The summed E-state index contributed by atoms with van der Waals surface area (Å²) in [7, 11) is 0. The summed E-state index contributed by atoms with van der Waals surface area (Å²) in [5, 5.41) is 25.4. The van der Waals surface area contributed by atoms with Gasteiger partial charge in [0, 0.05) is 6.10 Å². The highest BCUT2D eigenvalue weighted by Gasteiger charge is 2.13. The average molecular weight is 240 g/mol. The van der Waals surface area contributed by atoms with Gasteiger partial charge in [-0.05, 0) is 38.5 Å². The van der Waals surface area contributed by atoms with Crippen LogP contribution in [0.5, 0.6) is 0 Å². The van der Waals surface area contributed by atoms with Crippen LogP contribution in [0.25, 0.3) is 0 Å². The molecule has 0 fully saturated rings. The van der Waals surface area contributed by atoms with Crippen molar-refractivity contribution in [2.45, 2.75) is 26.9 Å². The topological polar surface area (TPSA) is 94.8 Å². The molecule has 5 heteroatoms. The van der Waals surface area contributed by atoms with E-state index in [4.69, 9.17) is 15.3 Å². The number of carbonyl (C=O) groups is 2. The molecule has 0 saturated carbocycles. The van der Waals surface area contributed by atoms with E-state index >= 15 is 0 Å². The van der Waals surface area contributed by atoms with Crippen molar-refractivity contribution in [3.05, 3.63) is 34.9 Å². The number of aliphatic hydroxyl groups excluding tert-OH is 1. The zero-order chi connectivity index (χ0) is 13.6. The number of aliphatic hydroxyl groups is 1. The number of carboxylic acid groups (broad SMARTS) is 2. The van der Waals surface area contributed by atoms with Crippen LogP contribution in [0.2, 0.25) is 0 Å². The number of hydrogen-bond donors (Lipinski definition) is 3. The second kappa shape index (κ2) is 6.65. The molecule has 0 saturated heterocycles. The molecule has 0 aliphatic carbocycles. The van der Waals surface area contributed by atoms with Crippen LogP contribution in [-0.4, -0.2) is 33.4 Å². The number of hydrogen-bond acceptors (Lipinski definition) is 3. The third kappa shape index (κ3) is 5.12. The summed E-state index contributed by atoms with van der Waals surface area (Å²) in [6.07, 6.45) is -0.167. The van der Waals surface area contributed by atoms with Crippen LogP contribution in [-0.2, 0) is 0 Å². The minimum atomic E-state index is -1.11. The molecule has 1 aromatic rings. The summed E-state index contributed by atoms with van der Waals surface area (Å²) in [5.74, 6) is -2.22. The van der Waals surface area contributed by atoms with Gasteiger partial charge in [0.25, 0.3) is 0 Å². The van der Waals surface area contributed by atoms with Gasteiger partial charge in [0.15, 0.2) is 0 Å². The first kappa shape index (κ1) is 15.1. The number of carboxylic acids is 2. The average Bonchev–Trinajstić information content (AvgIpc) is 2.15. The zero-order valence-electron chi connectivity index (χ0n) is 9.97. The van der Waals surface area contributed by atoms with E-state index in [9.17, 15) is 9.59 Å². The SMILES string of the molecule is CC(C)O.Cc1c(C(=O)O)cccc1C(=O)O. The largest absolute Gasteiger partial charge is 0.478 e. The van der Waals surface area contributed by atoms with Crippen molar-refractivity contribution in [3.8, 4) is 0 Å². The Morgan fingerprint density at radius 3 is 1.59 bits per heavy atom. The van der Waals surface area contributed by atoms with Crippen LogP contribution in [0.15, 0.2) is 18.2 Å². The molecule has 0 radical (unpaired) electrons. The van der Waals surface area contributed by atoms with Crippen molar-refractivity contribution in [1.82, 2.24) is 0 Å². The lowest BCUT2D eigenvalue weighted by Crippen LogP contribution is -2.06. The van der Waals surface area contributed by atoms with E-state index in [1.807, 2.05) is 0 Å². The molecule has 0 aliphatic rings. The summed E-state index contributed by atoms with van der Waals surface area (Å²) in [4.78, 5) is 21.2. The highest BCUT2D eigenvalue weighted by Crippen LogP contribution is 2.13. The van der Waals surface area contributed by atoms with Gasteiger partial charge in [-0.3, -0.25) is 0 Å². The molecule has 0 bridgehead atoms. The van der Waals surface area contributed by atoms with Gasteiger partial charge in [-0.2, -0.15) is 0 Å². The summed E-state index contributed by atoms with van der Waals surface area (Å²) >= 11 is 0. The van der Waals surface area contributed by atoms with Crippen LogP contribution < -0.4 is 0 Å². The molecule has 5 nitrogen and oxygen atoms in total. The Hall–Kier alpha value is -1.88. The molecule has 0 heterocycles. The Morgan fingerprint density at radius 2 is 1.35 bits per heavy atom. The Labute approximate surface area is 99.3 Å². The number of rotatable bonds is 2. The van der Waals surface area contributed by atoms with Gasteiger partial charge in [0.2, 0.25) is 0 Å². The molecule has 0 amide bonds. The van der Waals surface area contributed by atoms with Gasteiger partial charge in [0.1, 0.15) is 0 Å². The van der Waals surface area contributed by atoms with Gasteiger partial charge in [0.05, 0.1) is 11.1 Å². The molecule has 17 heavy (non-hydrogen) atoms. The minimum Gasteiger partial charge on any atom is -0.478 e. The summed E-state index contributed by atoms with van der Waals surface area (Å²) < 4.78 is 0. The van der Waals surface area contributed by atoms with Crippen LogP contribution in [0.1, 0.15) is 40.1 Å². The minimum absolute atomic E-state index is 0.0277. The normalized spacial score (nSPS) is 9.47. The zero-order valence-corrected chi connectivity index (χ0v) is 9.97. The van der Waals surface area contributed by atoms with Gasteiger partial charge in [-0.25, -0.2) is 9.59 Å². The predicted molar refractivity (Wildman–Crippen MR) is 62.5 cm³/mol. The van der Waals surface area contributed by atoms with Gasteiger partial charge >= 0.3 is 11.9 Å². The fourth-order valence-electron chi connectivity index (χ4n) is 1.10. The maximum Gasteiger partial charge on any atom is 0.335 e. The van der Waals surface area contributed by atoms with Crippen LogP contribution in [0.4, 0.5) is 0 Å². The maximum atomic E-state index is 10.6. The number of benzene rings is 1. The van der Waals surface area contributed by atoms with E-state index in [0.29, 0.717) is 0 Å². The van der Waals surface area contributed by atoms with E-state index in [0.717, 1.165) is 0 Å². The van der Waals surface area contributed by atoms with Crippen molar-refractivity contribution in [1.29, 1.82) is 0 Å². The third-order valence-corrected chi connectivity index (χ3v) is 1.79. The lowest BCUT2D eigenvalue weighted by Gasteiger charge is -2.03. The first-order valence-electron chi connectivity index (χ1n) is 5.01. The first-order chi connectivity index (χ1) is 7.77. The van der Waals surface area contributed by atoms with Crippen molar-refractivity contribution >= 4 is 11.9 Å². The molecule has 1 aromatic carbocycles. The fraction of sp³-hybridized carbons (Fsp3) is 0.333. The Morgan fingerprint density at radius 1 is 1.06 bits per heavy atom. The van der Waals surface area contributed by atoms with E-state index in [-0.39, 0.29) is 22.8 Å². The van der Waals surface area contributed by atoms with Crippen molar-refractivity contribution < 1.29 is 24.9 Å². The fourth-order valence-corrected chi connectivity index (χ4v) is 1.10. The molecule has 1 rings (SSSR count). The predicted octanol–water partition coefficient (Wildman–Crippen LogP) is 1.78. The molecule has 3 N–H and O–H groups in total. The smallest absolute Gasteiger partial charge is 0.335 e. The van der Waals surface area contributed by atoms with Crippen LogP contribution in [0.3, 0.4) is 0 Å². The Kier molecular flexibility index (Phi) is 5.91. The second-order valence-corrected chi connectivity index (χ2v) is 3.68. The highest BCUT2D eigenvalue weighted by molar-refractivity contribution is 5.96. The standard InChI is InChI=1S/C9H8O4.C3H8O/c1-5-6(8(10)11)3-2-4-7(5)9(12)13;1-3(2)4/h2-4H,1H3,(H,10,11)(H,12,13);3-4H,1-2H3. The van der Waals surface area contributed by atoms with Crippen LogP contribution >= 0.6 is 0 Å². The van der Waals surface area contributed by atoms with E-state index in [1.54, 1.807) is 13.8 Å². The Bertz CT molecular complexity index is 374. The summed E-state index contributed by atoms with van der Waals surface area (Å²) in [6.45, 7) is 4.92. The van der Waals surface area contributed by atoms with Crippen molar-refractivity contribution in [2.75, 3.05) is 0 Å². The molecule has 0 aliphatic heterocycles. The van der Waals surface area contributed by atoms with Crippen molar-refractivity contribution in [3.63, 3.8) is 0 Å². The van der Waals surface area contributed by atoms with E-state index < -0.39 is 11.9 Å². The third-order valence-electron chi connectivity index (χ3n) is 1.79. The molecule has 0 unspecified atom stereocenters. The monoisotopic (exact) mass is 240 g/mol. The summed E-state index contributed by atoms with van der Waals surface area (Å²) in [5.41, 5.74) is 0.335. The van der Waals surface area contributed by atoms with Gasteiger partial charge < -0.3 is 15.3 Å². The molecule has 0 aromatic heterocycles. The quantitative estimate of drug-likeness (QED) is 0.732. The van der Waals surface area contributed by atoms with E-state index in [2.05, 4.69) is 0 Å². The van der Waals surface area contributed by atoms with Gasteiger partial charge in [-0.1, -0.05) is 6.07 Å². The van der Waals surface area contributed by atoms with Gasteiger partial charge in [-0.15, -0.1) is 0 Å². The molecular formula is C12H16O5. The summed E-state index contributed by atoms with van der Waals surface area (Å²) in [6, 6.07) is 4.17. The number of aromatic carboxylic acids is 2. The molecular weight excluding hydrogens is 224 g/mol. The Balaban J connectivity index is 0.000000557. The lowest BCUT2D eigenvalue weighted by molar-refractivity contribution is 0.0696. The van der Waals surface area contributed by atoms with E-state index in [1.165, 1.54) is 25.1 Å². The highest BCUT2D eigenvalue weighted by atomic mass is 16.4. The van der Waals surface area contributed by atoms with Crippen LogP contribution in [0, 0.1) is 6.92 Å².